The van der Waals surface area contributed by atoms with Crippen molar-refractivity contribution in [3.05, 3.63) is 35.4 Å². The van der Waals surface area contributed by atoms with E-state index in [9.17, 15) is 0 Å². The Balaban J connectivity index is 2.10. The number of hydrogen-bond acceptors (Lipinski definition) is 2. The molecule has 0 unspecified atom stereocenters. The molecule has 0 amide bonds. The smallest absolute Gasteiger partial charge is 0.127 e. The summed E-state index contributed by atoms with van der Waals surface area (Å²) >= 11 is 6.49. The summed E-state index contributed by atoms with van der Waals surface area (Å²) in [5.41, 5.74) is 3.18. The molecule has 1 aliphatic heterocycles. The van der Waals surface area contributed by atoms with E-state index < -0.39 is 8.07 Å². The van der Waals surface area contributed by atoms with E-state index in [1.54, 1.807) is 0 Å². The van der Waals surface area contributed by atoms with E-state index in [1.807, 2.05) is 0 Å². The van der Waals surface area contributed by atoms with Crippen LogP contribution in [0.25, 0.3) is 0 Å². The zero-order valence-electron chi connectivity index (χ0n) is 12.1. The Hall–Kier alpha value is -0.803. The lowest BCUT2D eigenvalue weighted by molar-refractivity contribution is 0.0573. The summed E-state index contributed by atoms with van der Waals surface area (Å²) in [6, 6.07) is 9.39. The number of rotatable bonds is 3. The zero-order chi connectivity index (χ0) is 14.0. The van der Waals surface area contributed by atoms with Crippen molar-refractivity contribution in [2.45, 2.75) is 50.5 Å². The third-order valence-corrected chi connectivity index (χ3v) is 5.32. The molecule has 104 valence electrons. The number of alkyl halides is 1. The Morgan fingerprint density at radius 1 is 1.26 bits per heavy atom. The van der Waals surface area contributed by atoms with Gasteiger partial charge in [-0.2, -0.15) is 0 Å². The van der Waals surface area contributed by atoms with Gasteiger partial charge in [0.05, 0.1) is 5.38 Å². The average molecular weight is 296 g/mol. The predicted octanol–water partition coefficient (Wildman–Crippen LogP) is 4.43. The molecule has 2 atom stereocenters. The van der Waals surface area contributed by atoms with Crippen LogP contribution in [0.3, 0.4) is 0 Å². The first-order valence-corrected chi connectivity index (χ1v) is 10.9. The molecule has 2 nitrogen and oxygen atoms in total. The first kappa shape index (κ1) is 14.6. The molecule has 4 heteroatoms. The minimum absolute atomic E-state index is 0.0437. The minimum Gasteiger partial charge on any atom is -0.392 e. The molecule has 2 rings (SSSR count). The summed E-state index contributed by atoms with van der Waals surface area (Å²) in [7, 11) is -1.14. The Morgan fingerprint density at radius 2 is 1.89 bits per heavy atom. The van der Waals surface area contributed by atoms with Crippen LogP contribution in [0.5, 0.6) is 0 Å². The third kappa shape index (κ3) is 4.08. The molecule has 1 aromatic carbocycles. The number of oxime groups is 1. The van der Waals surface area contributed by atoms with Gasteiger partial charge in [0.25, 0.3) is 0 Å². The van der Waals surface area contributed by atoms with Crippen LogP contribution < -0.4 is 0 Å². The molecule has 1 heterocycles. The molecular weight excluding hydrogens is 274 g/mol. The second-order valence-corrected chi connectivity index (χ2v) is 12.6. The lowest BCUT2D eigenvalue weighted by Crippen LogP contribution is -2.34. The van der Waals surface area contributed by atoms with Gasteiger partial charge in [-0.15, -0.1) is 11.6 Å². The van der Waals surface area contributed by atoms with Crippen molar-refractivity contribution in [3.63, 3.8) is 0 Å². The monoisotopic (exact) mass is 295 g/mol. The summed E-state index contributed by atoms with van der Waals surface area (Å²) < 4.78 is 0. The maximum Gasteiger partial charge on any atom is 0.127 e. The maximum absolute atomic E-state index is 6.49. The van der Waals surface area contributed by atoms with Gasteiger partial charge >= 0.3 is 0 Å². The fourth-order valence-electron chi connectivity index (χ4n) is 2.34. The molecule has 1 aromatic rings. The van der Waals surface area contributed by atoms with Crippen molar-refractivity contribution < 1.29 is 4.84 Å². The van der Waals surface area contributed by atoms with E-state index in [0.717, 1.165) is 23.7 Å². The average Bonchev–Trinajstić information content (AvgIpc) is 2.29. The number of halogens is 1. The summed E-state index contributed by atoms with van der Waals surface area (Å²) in [6.45, 7) is 9.11. The van der Waals surface area contributed by atoms with Gasteiger partial charge in [-0.1, -0.05) is 54.6 Å². The highest BCUT2D eigenvalue weighted by Gasteiger charge is 2.30. The van der Waals surface area contributed by atoms with Crippen molar-refractivity contribution in [3.8, 4) is 0 Å². The topological polar surface area (TPSA) is 21.6 Å². The summed E-state index contributed by atoms with van der Waals surface area (Å²) in [5.74, 6) is 0. The maximum atomic E-state index is 6.49. The van der Waals surface area contributed by atoms with Crippen LogP contribution in [0.15, 0.2) is 29.4 Å². The number of hydrogen-bond donors (Lipinski definition) is 0. The first-order chi connectivity index (χ1) is 8.85. The molecule has 0 bridgehead atoms. The van der Waals surface area contributed by atoms with Crippen LogP contribution in [0.1, 0.15) is 17.5 Å². The van der Waals surface area contributed by atoms with E-state index in [4.69, 9.17) is 16.4 Å². The molecule has 0 aromatic heterocycles. The fourth-order valence-corrected chi connectivity index (χ4v) is 4.31. The SMILES string of the molecule is Cc1ccc(C2=NO[C@@H](C[Si](C)(C)C)C[C@@H]2Cl)cc1. The van der Waals surface area contributed by atoms with Gasteiger partial charge in [0, 0.05) is 20.1 Å². The molecule has 0 saturated heterocycles. The van der Waals surface area contributed by atoms with Crippen LogP contribution in [0, 0.1) is 6.92 Å². The van der Waals surface area contributed by atoms with E-state index in [1.165, 1.54) is 5.56 Å². The van der Waals surface area contributed by atoms with Gasteiger partial charge in [-0.25, -0.2) is 0 Å². The van der Waals surface area contributed by atoms with Gasteiger partial charge in [0.1, 0.15) is 11.8 Å². The highest BCUT2D eigenvalue weighted by molar-refractivity contribution is 6.76. The van der Waals surface area contributed by atoms with Crippen LogP contribution in [-0.2, 0) is 4.84 Å². The van der Waals surface area contributed by atoms with Crippen LogP contribution in [0.2, 0.25) is 25.7 Å². The Morgan fingerprint density at radius 3 is 2.42 bits per heavy atom. The molecule has 1 aliphatic rings. The highest BCUT2D eigenvalue weighted by atomic mass is 35.5. The van der Waals surface area contributed by atoms with Crippen LogP contribution >= 0.6 is 11.6 Å². The molecular formula is C15H22ClNOSi. The minimum atomic E-state index is -1.14. The molecule has 0 fully saturated rings. The Kier molecular flexibility index (Phi) is 4.36. The van der Waals surface area contributed by atoms with E-state index >= 15 is 0 Å². The van der Waals surface area contributed by atoms with E-state index in [-0.39, 0.29) is 11.5 Å². The normalized spacial score (nSPS) is 23.7. The Labute approximate surface area is 121 Å². The molecule has 0 saturated carbocycles. The Bertz CT molecular complexity index is 464. The first-order valence-electron chi connectivity index (χ1n) is 6.80. The van der Waals surface area contributed by atoms with Crippen LogP contribution in [0.4, 0.5) is 0 Å². The number of nitrogens with zero attached hydrogens (tertiary/aromatic N) is 1. The largest absolute Gasteiger partial charge is 0.392 e. The number of benzene rings is 1. The fraction of sp³-hybridized carbons (Fsp3) is 0.533. The van der Waals surface area contributed by atoms with Crippen LogP contribution in [-0.4, -0.2) is 25.3 Å². The summed E-state index contributed by atoms with van der Waals surface area (Å²) in [6.07, 6.45) is 1.04. The van der Waals surface area contributed by atoms with Gasteiger partial charge in [0.15, 0.2) is 0 Å². The van der Waals surface area contributed by atoms with Gasteiger partial charge in [-0.3, -0.25) is 0 Å². The lowest BCUT2D eigenvalue weighted by atomic mass is 10.0. The molecule has 0 spiro atoms. The second-order valence-electron chi connectivity index (χ2n) is 6.54. The van der Waals surface area contributed by atoms with Crippen molar-refractivity contribution >= 4 is 25.4 Å². The second kappa shape index (κ2) is 5.67. The van der Waals surface area contributed by atoms with Crippen molar-refractivity contribution in [1.29, 1.82) is 0 Å². The third-order valence-electron chi connectivity index (χ3n) is 3.25. The molecule has 0 radical (unpaired) electrons. The molecule has 0 N–H and O–H groups in total. The van der Waals surface area contributed by atoms with Gasteiger partial charge in [0.2, 0.25) is 0 Å². The van der Waals surface area contributed by atoms with Crippen molar-refractivity contribution in [2.75, 3.05) is 0 Å². The van der Waals surface area contributed by atoms with E-state index in [2.05, 4.69) is 56.0 Å². The zero-order valence-corrected chi connectivity index (χ0v) is 13.9. The highest BCUT2D eigenvalue weighted by Crippen LogP contribution is 2.26. The summed E-state index contributed by atoms with van der Waals surface area (Å²) in [4.78, 5) is 5.66. The van der Waals surface area contributed by atoms with Crippen molar-refractivity contribution in [1.82, 2.24) is 0 Å². The molecule has 19 heavy (non-hydrogen) atoms. The van der Waals surface area contributed by atoms with Gasteiger partial charge < -0.3 is 4.84 Å². The molecule has 0 aliphatic carbocycles. The van der Waals surface area contributed by atoms with Crippen molar-refractivity contribution in [2.24, 2.45) is 5.16 Å². The predicted molar refractivity (Wildman–Crippen MR) is 85.0 cm³/mol. The van der Waals surface area contributed by atoms with Gasteiger partial charge in [-0.05, 0) is 13.0 Å². The number of aryl methyl sites for hydroxylation is 1. The van der Waals surface area contributed by atoms with E-state index in [0.29, 0.717) is 0 Å². The summed E-state index contributed by atoms with van der Waals surface area (Å²) in [5, 5.41) is 4.24. The standard InChI is InChI=1S/C15H22ClNOSi/c1-11-5-7-12(8-6-11)15-14(16)9-13(18-17-15)10-19(2,3)4/h5-8,13-14H,9-10H2,1-4H3/t13-,14+/m1/s1. The lowest BCUT2D eigenvalue weighted by Gasteiger charge is -2.28. The quantitative estimate of drug-likeness (QED) is 0.597.